The number of aliphatic carboxylic acids is 1. The zero-order valence-corrected chi connectivity index (χ0v) is 14.8. The summed E-state index contributed by atoms with van der Waals surface area (Å²) < 4.78 is 26.1. The molecule has 3 rings (SSSR count). The Hall–Kier alpha value is -2.18. The van der Waals surface area contributed by atoms with E-state index < -0.39 is 39.0 Å². The number of rotatable bonds is 5. The fourth-order valence-electron chi connectivity index (χ4n) is 3.49. The predicted octanol–water partition coefficient (Wildman–Crippen LogP) is 2.31. The highest BCUT2D eigenvalue weighted by Gasteiger charge is 2.75. The zero-order valence-electron chi connectivity index (χ0n) is 14.0. The molecule has 6 heteroatoms. The van der Waals surface area contributed by atoms with Gasteiger partial charge >= 0.3 is 5.97 Å². The first-order valence-corrected chi connectivity index (χ1v) is 9.51. The molecule has 25 heavy (non-hydrogen) atoms. The third-order valence-corrected chi connectivity index (χ3v) is 7.33. The van der Waals surface area contributed by atoms with Crippen LogP contribution in [0, 0.1) is 19.3 Å². The van der Waals surface area contributed by atoms with Gasteiger partial charge in [0, 0.05) is 5.92 Å². The minimum atomic E-state index is -3.90. The summed E-state index contributed by atoms with van der Waals surface area (Å²) in [6, 6.07) is 13.4. The first-order valence-electron chi connectivity index (χ1n) is 7.96. The standard InChI is InChI=1S/C19H20O5S/c1-12-3-7-14(8-4-12)16-17(19(16,11-20)18(21)22)25(23,24)15-9-5-13(2)6-10-15/h3-10,16-17,20H,11H2,1-2H3,(H,21,22)/t16-,17+,19+/m1/s1. The number of hydrogen-bond donors (Lipinski definition) is 2. The van der Waals surface area contributed by atoms with E-state index in [0.29, 0.717) is 5.56 Å². The maximum absolute atomic E-state index is 13.1. The molecule has 1 fully saturated rings. The number of aryl methyl sites for hydroxylation is 2. The summed E-state index contributed by atoms with van der Waals surface area (Å²) in [6.07, 6.45) is 0. The van der Waals surface area contributed by atoms with Crippen LogP contribution < -0.4 is 0 Å². The Kier molecular flexibility index (Phi) is 4.21. The molecule has 1 aliphatic carbocycles. The number of carbonyl (C=O) groups is 1. The smallest absolute Gasteiger partial charge is 0.314 e. The van der Waals surface area contributed by atoms with Gasteiger partial charge in [-0.05, 0) is 31.5 Å². The summed E-state index contributed by atoms with van der Waals surface area (Å²) in [4.78, 5) is 12.0. The first kappa shape index (κ1) is 17.6. The van der Waals surface area contributed by atoms with E-state index in [0.717, 1.165) is 11.1 Å². The highest BCUT2D eigenvalue weighted by atomic mass is 32.2. The largest absolute Gasteiger partial charge is 0.481 e. The second kappa shape index (κ2) is 5.97. The molecule has 2 N–H and O–H groups in total. The Labute approximate surface area is 146 Å². The van der Waals surface area contributed by atoms with Gasteiger partial charge in [-0.15, -0.1) is 0 Å². The lowest BCUT2D eigenvalue weighted by atomic mass is 9.99. The second-order valence-electron chi connectivity index (χ2n) is 6.67. The summed E-state index contributed by atoms with van der Waals surface area (Å²) in [5, 5.41) is 18.3. The molecule has 0 radical (unpaired) electrons. The third-order valence-electron chi connectivity index (χ3n) is 5.04. The lowest BCUT2D eigenvalue weighted by Gasteiger charge is -2.09. The van der Waals surface area contributed by atoms with Crippen molar-refractivity contribution in [3.8, 4) is 0 Å². The van der Waals surface area contributed by atoms with Crippen LogP contribution in [0.3, 0.4) is 0 Å². The number of benzene rings is 2. The molecule has 0 aromatic heterocycles. The van der Waals surface area contributed by atoms with Crippen molar-refractivity contribution < 1.29 is 23.4 Å². The maximum Gasteiger partial charge on any atom is 0.314 e. The fraction of sp³-hybridized carbons (Fsp3) is 0.316. The summed E-state index contributed by atoms with van der Waals surface area (Å²) in [6.45, 7) is 3.02. The molecule has 0 aliphatic heterocycles. The van der Waals surface area contributed by atoms with Gasteiger partial charge in [-0.2, -0.15) is 0 Å². The van der Waals surface area contributed by atoms with E-state index in [1.165, 1.54) is 12.1 Å². The predicted molar refractivity (Wildman–Crippen MR) is 93.2 cm³/mol. The van der Waals surface area contributed by atoms with Gasteiger partial charge in [0.1, 0.15) is 5.41 Å². The Bertz CT molecular complexity index is 900. The van der Waals surface area contributed by atoms with E-state index in [2.05, 4.69) is 0 Å². The van der Waals surface area contributed by atoms with Crippen LogP contribution in [0.1, 0.15) is 22.6 Å². The van der Waals surface area contributed by atoms with Crippen molar-refractivity contribution in [1.82, 2.24) is 0 Å². The molecule has 1 saturated carbocycles. The molecule has 0 unspecified atom stereocenters. The second-order valence-corrected chi connectivity index (χ2v) is 8.74. The number of carboxylic acid groups (broad SMARTS) is 1. The molecule has 2 aromatic rings. The summed E-state index contributed by atoms with van der Waals surface area (Å²) in [5.74, 6) is -2.07. The monoisotopic (exact) mass is 360 g/mol. The van der Waals surface area contributed by atoms with Crippen molar-refractivity contribution in [2.75, 3.05) is 6.61 Å². The number of carboxylic acids is 1. The summed E-state index contributed by atoms with van der Waals surface area (Å²) in [7, 11) is -3.90. The molecular formula is C19H20O5S. The van der Waals surface area contributed by atoms with Crippen LogP contribution in [-0.2, 0) is 14.6 Å². The van der Waals surface area contributed by atoms with Gasteiger partial charge in [0.15, 0.2) is 9.84 Å². The molecule has 3 atom stereocenters. The van der Waals surface area contributed by atoms with Gasteiger partial charge < -0.3 is 10.2 Å². The minimum Gasteiger partial charge on any atom is -0.481 e. The Morgan fingerprint density at radius 1 is 1.00 bits per heavy atom. The molecule has 0 bridgehead atoms. The van der Waals surface area contributed by atoms with Gasteiger partial charge in [0.25, 0.3) is 0 Å². The van der Waals surface area contributed by atoms with Gasteiger partial charge in [0.2, 0.25) is 0 Å². The number of aliphatic hydroxyl groups excluding tert-OH is 1. The van der Waals surface area contributed by atoms with Gasteiger partial charge in [-0.25, -0.2) is 8.42 Å². The van der Waals surface area contributed by atoms with Crippen LogP contribution >= 0.6 is 0 Å². The van der Waals surface area contributed by atoms with Crippen LogP contribution in [-0.4, -0.2) is 36.5 Å². The molecule has 0 heterocycles. The maximum atomic E-state index is 13.1. The van der Waals surface area contributed by atoms with Gasteiger partial charge in [0.05, 0.1) is 16.8 Å². The van der Waals surface area contributed by atoms with Gasteiger partial charge in [-0.3, -0.25) is 4.79 Å². The molecular weight excluding hydrogens is 340 g/mol. The molecule has 0 saturated heterocycles. The van der Waals surface area contributed by atoms with Crippen LogP contribution in [0.2, 0.25) is 0 Å². The Morgan fingerprint density at radius 3 is 1.92 bits per heavy atom. The van der Waals surface area contributed by atoms with Crippen molar-refractivity contribution in [2.45, 2.75) is 29.9 Å². The van der Waals surface area contributed by atoms with Crippen LogP contribution in [0.5, 0.6) is 0 Å². The van der Waals surface area contributed by atoms with E-state index in [-0.39, 0.29) is 4.90 Å². The van der Waals surface area contributed by atoms with Crippen molar-refractivity contribution >= 4 is 15.8 Å². The lowest BCUT2D eigenvalue weighted by Crippen LogP contribution is -2.27. The van der Waals surface area contributed by atoms with Crippen LogP contribution in [0.15, 0.2) is 53.4 Å². The minimum absolute atomic E-state index is 0.0804. The van der Waals surface area contributed by atoms with Crippen LogP contribution in [0.4, 0.5) is 0 Å². The van der Waals surface area contributed by atoms with E-state index in [4.69, 9.17) is 0 Å². The topological polar surface area (TPSA) is 91.7 Å². The number of aliphatic hydroxyl groups is 1. The average molecular weight is 360 g/mol. The summed E-state index contributed by atoms with van der Waals surface area (Å²) in [5.41, 5.74) is 0.811. The highest BCUT2D eigenvalue weighted by molar-refractivity contribution is 7.92. The molecule has 5 nitrogen and oxygen atoms in total. The van der Waals surface area contributed by atoms with Crippen molar-refractivity contribution in [3.63, 3.8) is 0 Å². The number of sulfone groups is 1. The highest BCUT2D eigenvalue weighted by Crippen LogP contribution is 2.64. The first-order chi connectivity index (χ1) is 11.7. The Balaban J connectivity index is 2.10. The van der Waals surface area contributed by atoms with Crippen LogP contribution in [0.25, 0.3) is 0 Å². The van der Waals surface area contributed by atoms with E-state index >= 15 is 0 Å². The zero-order chi connectivity index (χ0) is 18.4. The third kappa shape index (κ3) is 2.65. The Morgan fingerprint density at radius 2 is 1.48 bits per heavy atom. The SMILES string of the molecule is Cc1ccc([C@@H]2[C@H](S(=O)(=O)c3ccc(C)cc3)[C@@]2(CO)C(=O)O)cc1. The quantitative estimate of drug-likeness (QED) is 0.854. The summed E-state index contributed by atoms with van der Waals surface area (Å²) >= 11 is 0. The van der Waals surface area contributed by atoms with Crippen molar-refractivity contribution in [1.29, 1.82) is 0 Å². The van der Waals surface area contributed by atoms with E-state index in [1.807, 2.05) is 26.0 Å². The van der Waals surface area contributed by atoms with Crippen molar-refractivity contribution in [2.24, 2.45) is 5.41 Å². The van der Waals surface area contributed by atoms with Gasteiger partial charge in [-0.1, -0.05) is 47.5 Å². The molecule has 1 aliphatic rings. The van der Waals surface area contributed by atoms with E-state index in [1.54, 1.807) is 24.3 Å². The molecule has 0 amide bonds. The number of hydrogen-bond acceptors (Lipinski definition) is 4. The molecule has 2 aromatic carbocycles. The van der Waals surface area contributed by atoms with Crippen molar-refractivity contribution in [3.05, 3.63) is 65.2 Å². The fourth-order valence-corrected chi connectivity index (χ4v) is 5.86. The molecule has 132 valence electrons. The average Bonchev–Trinajstić information content (AvgIpc) is 3.27. The lowest BCUT2D eigenvalue weighted by molar-refractivity contribution is -0.145. The van der Waals surface area contributed by atoms with E-state index in [9.17, 15) is 23.4 Å². The normalized spacial score (nSPS) is 25.6. The molecule has 0 spiro atoms.